The van der Waals surface area contributed by atoms with Crippen LogP contribution in [0.15, 0.2) is 41.5 Å². The number of benzene rings is 1. The summed E-state index contributed by atoms with van der Waals surface area (Å²) in [5, 5.41) is 48.1. The number of aliphatic hydroxyl groups is 4. The number of carbonyl (C=O) groups excluding carboxylic acids is 3. The van der Waals surface area contributed by atoms with E-state index in [0.717, 1.165) is 0 Å². The standard InChI is InChI=1S/C31H40O11/c1-15-19(34)13-31(38)23(27(37)41-18-10-8-7-9-11-18)25-29(6,26(36)24(35)22(15)28(31,4)5)20(40-16(2)32)12-21-30(25,14-39-21)42-17(3)33/h7-11,19-21,23-26,34-36,38H,12-14H2,1-6H3. The van der Waals surface area contributed by atoms with Crippen molar-refractivity contribution in [2.75, 3.05) is 6.61 Å². The largest absolute Gasteiger partial charge is 0.462 e. The summed E-state index contributed by atoms with van der Waals surface area (Å²) in [6.45, 7) is 8.68. The van der Waals surface area contributed by atoms with Crippen molar-refractivity contribution >= 4 is 17.9 Å². The number of esters is 3. The molecule has 1 aliphatic heterocycles. The monoisotopic (exact) mass is 588 g/mol. The summed E-state index contributed by atoms with van der Waals surface area (Å²) in [5.41, 5.74) is -6.23. The molecule has 11 nitrogen and oxygen atoms in total. The Morgan fingerprint density at radius 2 is 1.64 bits per heavy atom. The van der Waals surface area contributed by atoms with Crippen molar-refractivity contribution < 1.29 is 53.8 Å². The number of aliphatic hydroxyl groups excluding tert-OH is 3. The Bertz CT molecular complexity index is 1310. The summed E-state index contributed by atoms with van der Waals surface area (Å²) < 4.78 is 23.4. The first-order chi connectivity index (χ1) is 19.5. The maximum atomic E-state index is 14.5. The average Bonchev–Trinajstić information content (AvgIpc) is 2.89. The molecule has 1 aromatic rings. The lowest BCUT2D eigenvalue weighted by Crippen LogP contribution is -2.81. The van der Waals surface area contributed by atoms with Gasteiger partial charge >= 0.3 is 17.9 Å². The maximum absolute atomic E-state index is 14.5. The van der Waals surface area contributed by atoms with Gasteiger partial charge in [0.15, 0.2) is 5.60 Å². The summed E-state index contributed by atoms with van der Waals surface area (Å²) >= 11 is 0. The number of hydrogen-bond acceptors (Lipinski definition) is 11. The SMILES string of the molecule is CC(=O)OC1CC2OCC2(OC(C)=O)C2C(C(=O)Oc3ccccc3)C3(O)CC(O)C(C)=C(C(O)C(O)C12C)C3(C)C. The molecule has 0 radical (unpaired) electrons. The lowest BCUT2D eigenvalue weighted by atomic mass is 9.42. The first kappa shape index (κ1) is 30.6. The number of hydrogen-bond donors (Lipinski definition) is 4. The van der Waals surface area contributed by atoms with E-state index in [9.17, 15) is 34.8 Å². The minimum Gasteiger partial charge on any atom is -0.462 e. The Morgan fingerprint density at radius 3 is 2.19 bits per heavy atom. The third-order valence-electron chi connectivity index (χ3n) is 10.5. The van der Waals surface area contributed by atoms with E-state index in [1.165, 1.54) is 13.8 Å². The minimum atomic E-state index is -2.11. The van der Waals surface area contributed by atoms with Gasteiger partial charge in [0.2, 0.25) is 0 Å². The van der Waals surface area contributed by atoms with E-state index in [1.54, 1.807) is 58.0 Å². The van der Waals surface area contributed by atoms with Crippen LogP contribution in [0.5, 0.6) is 5.75 Å². The van der Waals surface area contributed by atoms with Crippen molar-refractivity contribution in [3.63, 3.8) is 0 Å². The smallest absolute Gasteiger partial charge is 0.317 e. The second kappa shape index (κ2) is 10.1. The molecule has 1 saturated heterocycles. The molecule has 1 aromatic carbocycles. The van der Waals surface area contributed by atoms with E-state index in [4.69, 9.17) is 18.9 Å². The zero-order valence-corrected chi connectivity index (χ0v) is 24.7. The summed E-state index contributed by atoms with van der Waals surface area (Å²) in [7, 11) is 0. The van der Waals surface area contributed by atoms with E-state index in [-0.39, 0.29) is 30.8 Å². The summed E-state index contributed by atoms with van der Waals surface area (Å²) in [4.78, 5) is 39.5. The van der Waals surface area contributed by atoms with Crippen LogP contribution in [0.4, 0.5) is 0 Å². The zero-order valence-electron chi connectivity index (χ0n) is 24.7. The summed E-state index contributed by atoms with van der Waals surface area (Å²) in [6, 6.07) is 8.22. The summed E-state index contributed by atoms with van der Waals surface area (Å²) in [6.07, 6.45) is -6.94. The second-order valence-electron chi connectivity index (χ2n) is 13.0. The predicted octanol–water partition coefficient (Wildman–Crippen LogP) is 1.44. The Hall–Kier alpha value is -2.83. The molecule has 3 fully saturated rings. The molecular weight excluding hydrogens is 548 g/mol. The molecule has 10 atom stereocenters. The lowest BCUT2D eigenvalue weighted by molar-refractivity contribution is -0.357. The Morgan fingerprint density at radius 1 is 1.00 bits per heavy atom. The molecule has 5 rings (SSSR count). The van der Waals surface area contributed by atoms with Gasteiger partial charge in [-0.15, -0.1) is 0 Å². The predicted molar refractivity (Wildman–Crippen MR) is 146 cm³/mol. The highest BCUT2D eigenvalue weighted by molar-refractivity contribution is 5.78. The van der Waals surface area contributed by atoms with Crippen molar-refractivity contribution in [3.05, 3.63) is 41.5 Å². The Balaban J connectivity index is 1.84. The Labute approximate surface area is 244 Å². The van der Waals surface area contributed by atoms with Gasteiger partial charge in [0.1, 0.15) is 24.1 Å². The highest BCUT2D eigenvalue weighted by Gasteiger charge is 2.78. The molecule has 0 spiro atoms. The molecule has 11 heteroatoms. The van der Waals surface area contributed by atoms with Crippen LogP contribution in [0.1, 0.15) is 54.4 Å². The zero-order chi connectivity index (χ0) is 31.0. The third-order valence-corrected chi connectivity index (χ3v) is 10.5. The minimum absolute atomic E-state index is 0.00737. The fourth-order valence-electron chi connectivity index (χ4n) is 8.42. The van der Waals surface area contributed by atoms with Crippen LogP contribution >= 0.6 is 0 Å². The molecule has 4 N–H and O–H groups in total. The quantitative estimate of drug-likeness (QED) is 0.228. The second-order valence-corrected chi connectivity index (χ2v) is 13.0. The van der Waals surface area contributed by atoms with Gasteiger partial charge in [-0.05, 0) is 30.2 Å². The van der Waals surface area contributed by atoms with Crippen LogP contribution in [-0.4, -0.2) is 86.7 Å². The normalized spacial score (nSPS) is 42.1. The van der Waals surface area contributed by atoms with Gasteiger partial charge in [-0.25, -0.2) is 0 Å². The van der Waals surface area contributed by atoms with Crippen LogP contribution in [0.3, 0.4) is 0 Å². The number of para-hydroxylation sites is 1. The van der Waals surface area contributed by atoms with E-state index >= 15 is 0 Å². The highest BCUT2D eigenvalue weighted by Crippen LogP contribution is 2.66. The first-order valence-corrected chi connectivity index (χ1v) is 14.2. The average molecular weight is 589 g/mol. The molecule has 10 unspecified atom stereocenters. The van der Waals surface area contributed by atoms with Gasteiger partial charge in [0.05, 0.1) is 30.3 Å². The van der Waals surface area contributed by atoms with Gasteiger partial charge in [0, 0.05) is 43.4 Å². The van der Waals surface area contributed by atoms with E-state index in [1.807, 2.05) is 0 Å². The fourth-order valence-corrected chi connectivity index (χ4v) is 8.42. The molecule has 3 aliphatic carbocycles. The van der Waals surface area contributed by atoms with Crippen molar-refractivity contribution in [1.29, 1.82) is 0 Å². The molecule has 230 valence electrons. The molecule has 4 aliphatic rings. The molecule has 2 saturated carbocycles. The van der Waals surface area contributed by atoms with Gasteiger partial charge in [-0.2, -0.15) is 0 Å². The van der Waals surface area contributed by atoms with E-state index in [2.05, 4.69) is 0 Å². The van der Waals surface area contributed by atoms with Crippen LogP contribution in [-0.2, 0) is 28.6 Å². The molecular formula is C31H40O11. The molecule has 42 heavy (non-hydrogen) atoms. The molecule has 2 bridgehead atoms. The van der Waals surface area contributed by atoms with Gasteiger partial charge in [-0.3, -0.25) is 14.4 Å². The number of fused-ring (bicyclic) bond motifs is 5. The maximum Gasteiger partial charge on any atom is 0.317 e. The molecule has 0 amide bonds. The Kier molecular flexibility index (Phi) is 7.38. The van der Waals surface area contributed by atoms with Gasteiger partial charge < -0.3 is 39.4 Å². The summed E-state index contributed by atoms with van der Waals surface area (Å²) in [5.74, 6) is -4.94. The van der Waals surface area contributed by atoms with Gasteiger partial charge in [0.25, 0.3) is 0 Å². The van der Waals surface area contributed by atoms with Crippen molar-refractivity contribution in [2.45, 2.75) is 96.1 Å². The first-order valence-electron chi connectivity index (χ1n) is 14.2. The number of carbonyl (C=O) groups is 3. The lowest BCUT2D eigenvalue weighted by Gasteiger charge is -2.69. The number of ether oxygens (including phenoxy) is 4. The van der Waals surface area contributed by atoms with Crippen molar-refractivity contribution in [2.24, 2.45) is 22.7 Å². The van der Waals surface area contributed by atoms with Crippen LogP contribution in [0.25, 0.3) is 0 Å². The van der Waals surface area contributed by atoms with Crippen LogP contribution < -0.4 is 4.74 Å². The van der Waals surface area contributed by atoms with Crippen LogP contribution in [0.2, 0.25) is 0 Å². The fraction of sp³-hybridized carbons (Fsp3) is 0.645. The number of rotatable bonds is 4. The van der Waals surface area contributed by atoms with Crippen molar-refractivity contribution in [1.82, 2.24) is 0 Å². The van der Waals surface area contributed by atoms with E-state index < -0.39 is 82.3 Å². The highest BCUT2D eigenvalue weighted by atomic mass is 16.6. The van der Waals surface area contributed by atoms with E-state index in [0.29, 0.717) is 5.57 Å². The third kappa shape index (κ3) is 4.16. The molecule has 0 aromatic heterocycles. The topological polar surface area (TPSA) is 169 Å². The van der Waals surface area contributed by atoms with Crippen LogP contribution in [0, 0.1) is 22.7 Å². The van der Waals surface area contributed by atoms with Gasteiger partial charge in [-0.1, -0.05) is 39.0 Å². The molecule has 1 heterocycles. The van der Waals surface area contributed by atoms with Crippen molar-refractivity contribution in [3.8, 4) is 5.75 Å².